The molecule has 1 amide bonds. The van der Waals surface area contributed by atoms with Gasteiger partial charge in [0.25, 0.3) is 5.91 Å². The minimum Gasteiger partial charge on any atom is -0.272 e. The smallest absolute Gasteiger partial charge is 0.254 e. The molecule has 0 fully saturated rings. The number of para-hydroxylation sites is 1. The molecule has 0 spiro atoms. The van der Waals surface area contributed by atoms with E-state index < -0.39 is 5.82 Å². The van der Waals surface area contributed by atoms with Gasteiger partial charge in [-0.25, -0.2) is 9.87 Å². The minimum atomic E-state index is -0.393. The molecule has 1 heterocycles. The lowest BCUT2D eigenvalue weighted by atomic mass is 10.2. The Kier molecular flexibility index (Phi) is 6.71. The lowest BCUT2D eigenvalue weighted by Crippen LogP contribution is -2.25. The summed E-state index contributed by atoms with van der Waals surface area (Å²) in [7, 11) is 0. The fourth-order valence-electron chi connectivity index (χ4n) is 2.92. The van der Waals surface area contributed by atoms with E-state index in [-0.39, 0.29) is 18.3 Å². The second kappa shape index (κ2) is 10.0. The van der Waals surface area contributed by atoms with Crippen LogP contribution < -0.4 is 5.48 Å². The number of benzene rings is 3. The van der Waals surface area contributed by atoms with Crippen LogP contribution in [0.1, 0.15) is 5.56 Å². The van der Waals surface area contributed by atoms with Crippen LogP contribution in [0, 0.1) is 5.82 Å². The normalized spacial score (nSPS) is 10.7. The van der Waals surface area contributed by atoms with Crippen molar-refractivity contribution in [3.05, 3.63) is 96.3 Å². The molecule has 0 aliphatic heterocycles. The average molecular weight is 434 g/mol. The van der Waals surface area contributed by atoms with Gasteiger partial charge in [-0.1, -0.05) is 72.4 Å². The second-order valence-corrected chi connectivity index (χ2v) is 7.49. The van der Waals surface area contributed by atoms with Crippen molar-refractivity contribution >= 4 is 17.7 Å². The van der Waals surface area contributed by atoms with Crippen LogP contribution in [0.3, 0.4) is 0 Å². The van der Waals surface area contributed by atoms with Crippen LogP contribution in [0.2, 0.25) is 0 Å². The molecule has 8 heteroatoms. The number of aromatic nitrogens is 3. The highest BCUT2D eigenvalue weighted by Crippen LogP contribution is 2.29. The molecule has 0 unspecified atom stereocenters. The number of hydrogen-bond acceptors (Lipinski definition) is 5. The summed E-state index contributed by atoms with van der Waals surface area (Å²) < 4.78 is 16.1. The molecule has 1 N–H and O–H groups in total. The number of halogens is 1. The first-order valence-electron chi connectivity index (χ1n) is 9.55. The number of thioether (sulfide) groups is 1. The first-order valence-corrected chi connectivity index (χ1v) is 10.5. The summed E-state index contributed by atoms with van der Waals surface area (Å²) in [5.41, 5.74) is 4.49. The lowest BCUT2D eigenvalue weighted by Gasteiger charge is -2.11. The van der Waals surface area contributed by atoms with Crippen LogP contribution in [-0.2, 0) is 16.2 Å². The molecular weight excluding hydrogens is 415 g/mol. The molecule has 0 saturated heterocycles. The Hall–Kier alpha value is -3.49. The molecule has 0 aliphatic carbocycles. The van der Waals surface area contributed by atoms with E-state index in [0.717, 1.165) is 11.3 Å². The van der Waals surface area contributed by atoms with Crippen molar-refractivity contribution in [2.24, 2.45) is 0 Å². The van der Waals surface area contributed by atoms with Crippen molar-refractivity contribution < 1.29 is 14.0 Å². The van der Waals surface area contributed by atoms with Crippen LogP contribution in [0.25, 0.3) is 17.1 Å². The Morgan fingerprint density at radius 2 is 1.61 bits per heavy atom. The number of amides is 1. The number of hydrogen-bond donors (Lipinski definition) is 1. The number of carbonyl (C=O) groups is 1. The van der Waals surface area contributed by atoms with E-state index in [0.29, 0.717) is 16.5 Å². The largest absolute Gasteiger partial charge is 0.272 e. The van der Waals surface area contributed by atoms with Crippen molar-refractivity contribution in [1.82, 2.24) is 20.2 Å². The third-order valence-corrected chi connectivity index (χ3v) is 5.29. The summed E-state index contributed by atoms with van der Waals surface area (Å²) in [6, 6.07) is 25.3. The van der Waals surface area contributed by atoms with Crippen molar-refractivity contribution in [3.8, 4) is 17.1 Å². The summed E-state index contributed by atoms with van der Waals surface area (Å²) in [4.78, 5) is 17.5. The van der Waals surface area contributed by atoms with Gasteiger partial charge in [-0.05, 0) is 29.8 Å². The average Bonchev–Trinajstić information content (AvgIpc) is 3.23. The predicted octanol–water partition coefficient (Wildman–Crippen LogP) is 4.41. The first-order chi connectivity index (χ1) is 15.2. The van der Waals surface area contributed by atoms with Gasteiger partial charge in [-0.3, -0.25) is 14.2 Å². The number of rotatable bonds is 8. The van der Waals surface area contributed by atoms with Gasteiger partial charge >= 0.3 is 0 Å². The Labute approximate surface area is 183 Å². The van der Waals surface area contributed by atoms with Gasteiger partial charge in [-0.15, -0.1) is 10.2 Å². The zero-order valence-corrected chi connectivity index (χ0v) is 17.3. The number of nitrogens with one attached hydrogen (secondary N) is 1. The molecule has 1 aromatic heterocycles. The van der Waals surface area contributed by atoms with E-state index in [1.54, 1.807) is 22.8 Å². The highest BCUT2D eigenvalue weighted by atomic mass is 32.2. The highest BCUT2D eigenvalue weighted by molar-refractivity contribution is 7.99. The van der Waals surface area contributed by atoms with Crippen molar-refractivity contribution in [1.29, 1.82) is 0 Å². The SMILES string of the molecule is O=C(CSc1nnc(-c2ccccc2F)n1-c1ccccc1)NOCc1ccccc1. The molecule has 31 heavy (non-hydrogen) atoms. The number of nitrogens with zero attached hydrogens (tertiary/aromatic N) is 3. The van der Waals surface area contributed by atoms with Crippen LogP contribution in [0.4, 0.5) is 4.39 Å². The summed E-state index contributed by atoms with van der Waals surface area (Å²) >= 11 is 1.19. The zero-order valence-electron chi connectivity index (χ0n) is 16.4. The molecule has 0 radical (unpaired) electrons. The second-order valence-electron chi connectivity index (χ2n) is 6.55. The fourth-order valence-corrected chi connectivity index (χ4v) is 3.66. The molecule has 6 nitrogen and oxygen atoms in total. The molecular formula is C23H19FN4O2S. The van der Waals surface area contributed by atoms with Crippen molar-refractivity contribution in [2.45, 2.75) is 11.8 Å². The zero-order chi connectivity index (χ0) is 21.5. The monoisotopic (exact) mass is 434 g/mol. The molecule has 4 aromatic rings. The molecule has 0 bridgehead atoms. The third-order valence-electron chi connectivity index (χ3n) is 4.36. The van der Waals surface area contributed by atoms with E-state index in [1.165, 1.54) is 17.8 Å². The number of hydroxylamine groups is 1. The van der Waals surface area contributed by atoms with Gasteiger partial charge < -0.3 is 0 Å². The van der Waals surface area contributed by atoms with E-state index in [1.807, 2.05) is 60.7 Å². The standard InChI is InChI=1S/C23H19FN4O2S/c24-20-14-8-7-13-19(20)22-25-26-23(28(22)18-11-5-2-6-12-18)31-16-21(29)27-30-15-17-9-3-1-4-10-17/h1-14H,15-16H2,(H,27,29). The summed E-state index contributed by atoms with van der Waals surface area (Å²) in [6.45, 7) is 0.273. The maximum absolute atomic E-state index is 14.4. The Morgan fingerprint density at radius 3 is 2.35 bits per heavy atom. The van der Waals surface area contributed by atoms with Gasteiger partial charge in [-0.2, -0.15) is 0 Å². The molecule has 156 valence electrons. The van der Waals surface area contributed by atoms with Crippen LogP contribution in [0.5, 0.6) is 0 Å². The van der Waals surface area contributed by atoms with Crippen LogP contribution in [-0.4, -0.2) is 26.4 Å². The van der Waals surface area contributed by atoms with Crippen molar-refractivity contribution in [3.63, 3.8) is 0 Å². The van der Waals surface area contributed by atoms with Gasteiger partial charge in [0.15, 0.2) is 11.0 Å². The predicted molar refractivity (Wildman–Crippen MR) is 117 cm³/mol. The number of carbonyl (C=O) groups excluding carboxylic acids is 1. The van der Waals surface area contributed by atoms with Crippen LogP contribution in [0.15, 0.2) is 90.1 Å². The van der Waals surface area contributed by atoms with E-state index in [2.05, 4.69) is 15.7 Å². The highest BCUT2D eigenvalue weighted by Gasteiger charge is 2.19. The summed E-state index contributed by atoms with van der Waals surface area (Å²) in [6.07, 6.45) is 0. The van der Waals surface area contributed by atoms with E-state index in [4.69, 9.17) is 4.84 Å². The Balaban J connectivity index is 1.48. The maximum atomic E-state index is 14.4. The summed E-state index contributed by atoms with van der Waals surface area (Å²) in [5.74, 6) is -0.268. The summed E-state index contributed by atoms with van der Waals surface area (Å²) in [5, 5.41) is 8.87. The third kappa shape index (κ3) is 5.17. The Bertz CT molecular complexity index is 1150. The topological polar surface area (TPSA) is 69.0 Å². The van der Waals surface area contributed by atoms with E-state index in [9.17, 15) is 9.18 Å². The van der Waals surface area contributed by atoms with Gasteiger partial charge in [0.1, 0.15) is 5.82 Å². The molecule has 0 saturated carbocycles. The Morgan fingerprint density at radius 1 is 0.935 bits per heavy atom. The van der Waals surface area contributed by atoms with Gasteiger partial charge in [0.05, 0.1) is 17.9 Å². The fraction of sp³-hybridized carbons (Fsp3) is 0.0870. The molecule has 0 atom stereocenters. The quantitative estimate of drug-likeness (QED) is 0.329. The van der Waals surface area contributed by atoms with Crippen LogP contribution >= 0.6 is 11.8 Å². The molecule has 0 aliphatic rings. The van der Waals surface area contributed by atoms with E-state index >= 15 is 0 Å². The van der Waals surface area contributed by atoms with Crippen molar-refractivity contribution in [2.75, 3.05) is 5.75 Å². The molecule has 4 rings (SSSR count). The minimum absolute atomic E-state index is 0.0665. The first kappa shape index (κ1) is 20.8. The van der Waals surface area contributed by atoms with Gasteiger partial charge in [0.2, 0.25) is 0 Å². The van der Waals surface area contributed by atoms with Gasteiger partial charge in [0, 0.05) is 5.69 Å². The lowest BCUT2D eigenvalue weighted by molar-refractivity contribution is -0.131. The maximum Gasteiger partial charge on any atom is 0.254 e. The molecule has 3 aromatic carbocycles.